The molecule has 2 aromatic heterocycles. The Morgan fingerprint density at radius 1 is 0.968 bits per heavy atom. The Hall–Kier alpha value is -4.26. The Morgan fingerprint density at radius 3 is 2.68 bits per heavy atom. The molecular weight excluding hydrogens is 393 g/mol. The van der Waals surface area contributed by atoms with Crippen LogP contribution in [0.1, 0.15) is 5.56 Å². The van der Waals surface area contributed by atoms with E-state index in [-0.39, 0.29) is 5.82 Å². The number of benzene rings is 3. The second-order valence-corrected chi connectivity index (χ2v) is 7.10. The highest BCUT2D eigenvalue weighted by Gasteiger charge is 2.09. The molecule has 31 heavy (non-hydrogen) atoms. The van der Waals surface area contributed by atoms with Crippen LogP contribution in [-0.2, 0) is 0 Å². The van der Waals surface area contributed by atoms with E-state index in [1.165, 1.54) is 12.1 Å². The topological polar surface area (TPSA) is 75.7 Å². The second-order valence-electron chi connectivity index (χ2n) is 7.10. The Bertz CT molecular complexity index is 1360. The van der Waals surface area contributed by atoms with E-state index in [0.717, 1.165) is 22.2 Å². The monoisotopic (exact) mass is 411 g/mol. The van der Waals surface area contributed by atoms with Crippen LogP contribution in [-0.4, -0.2) is 20.2 Å². The number of aromatic nitrogens is 4. The van der Waals surface area contributed by atoms with Gasteiger partial charge in [-0.1, -0.05) is 12.1 Å². The van der Waals surface area contributed by atoms with Crippen LogP contribution < -0.4 is 10.1 Å². The molecule has 0 aliphatic heterocycles. The fourth-order valence-corrected chi connectivity index (χ4v) is 3.29. The summed E-state index contributed by atoms with van der Waals surface area (Å²) in [5.74, 6) is 2.08. The van der Waals surface area contributed by atoms with Crippen molar-refractivity contribution in [1.29, 1.82) is 0 Å². The largest absolute Gasteiger partial charge is 0.457 e. The minimum Gasteiger partial charge on any atom is -0.457 e. The van der Waals surface area contributed by atoms with Gasteiger partial charge >= 0.3 is 0 Å². The molecule has 0 unspecified atom stereocenters. The van der Waals surface area contributed by atoms with E-state index in [2.05, 4.69) is 25.5 Å². The van der Waals surface area contributed by atoms with Gasteiger partial charge in [-0.3, -0.25) is 10.1 Å². The van der Waals surface area contributed by atoms with Crippen molar-refractivity contribution in [3.8, 4) is 22.9 Å². The lowest BCUT2D eigenvalue weighted by molar-refractivity contribution is 0.488. The van der Waals surface area contributed by atoms with Crippen molar-refractivity contribution in [3.63, 3.8) is 0 Å². The molecule has 0 saturated heterocycles. The second kappa shape index (κ2) is 7.87. The predicted molar refractivity (Wildman–Crippen MR) is 118 cm³/mol. The van der Waals surface area contributed by atoms with E-state index in [1.807, 2.05) is 55.5 Å². The molecule has 0 aliphatic carbocycles. The first-order valence-electron chi connectivity index (χ1n) is 9.73. The maximum absolute atomic E-state index is 13.4. The van der Waals surface area contributed by atoms with Crippen LogP contribution in [0.3, 0.4) is 0 Å². The third kappa shape index (κ3) is 4.06. The third-order valence-corrected chi connectivity index (χ3v) is 4.78. The Kier molecular flexibility index (Phi) is 4.76. The van der Waals surface area contributed by atoms with Crippen molar-refractivity contribution < 1.29 is 9.13 Å². The molecule has 7 heteroatoms. The molecule has 0 radical (unpaired) electrons. The van der Waals surface area contributed by atoms with Gasteiger partial charge in [0, 0.05) is 28.9 Å². The average molecular weight is 411 g/mol. The van der Waals surface area contributed by atoms with E-state index in [0.29, 0.717) is 28.8 Å². The quantitative estimate of drug-likeness (QED) is 0.371. The zero-order chi connectivity index (χ0) is 21.2. The minimum atomic E-state index is -0.329. The van der Waals surface area contributed by atoms with E-state index in [4.69, 9.17) is 4.74 Å². The summed E-state index contributed by atoms with van der Waals surface area (Å²) in [6, 6.07) is 21.7. The van der Waals surface area contributed by atoms with E-state index in [1.54, 1.807) is 18.3 Å². The van der Waals surface area contributed by atoms with Gasteiger partial charge in [0.1, 0.15) is 17.3 Å². The highest BCUT2D eigenvalue weighted by molar-refractivity contribution is 5.85. The number of aromatic amines is 1. The molecule has 0 saturated carbocycles. The van der Waals surface area contributed by atoms with Gasteiger partial charge in [-0.25, -0.2) is 4.39 Å². The van der Waals surface area contributed by atoms with Gasteiger partial charge in [0.05, 0.1) is 5.52 Å². The van der Waals surface area contributed by atoms with Crippen LogP contribution in [0.5, 0.6) is 11.5 Å². The van der Waals surface area contributed by atoms with E-state index in [9.17, 15) is 4.39 Å². The molecule has 152 valence electrons. The lowest BCUT2D eigenvalue weighted by Gasteiger charge is -2.09. The fraction of sp³-hybridized carbons (Fsp3) is 0.0417. The predicted octanol–water partition coefficient (Wildman–Crippen LogP) is 6.00. The Morgan fingerprint density at radius 2 is 1.84 bits per heavy atom. The molecule has 3 aromatic carbocycles. The van der Waals surface area contributed by atoms with Crippen LogP contribution in [0, 0.1) is 12.7 Å². The van der Waals surface area contributed by atoms with Crippen LogP contribution in [0.25, 0.3) is 22.3 Å². The Balaban J connectivity index is 1.33. The Labute approximate surface area is 177 Å². The molecule has 0 fully saturated rings. The van der Waals surface area contributed by atoms with Gasteiger partial charge < -0.3 is 10.1 Å². The first-order chi connectivity index (χ1) is 15.1. The number of hydrogen-bond donors (Lipinski definition) is 2. The number of hydrogen-bond acceptors (Lipinski definition) is 5. The average Bonchev–Trinajstić information content (AvgIpc) is 3.23. The summed E-state index contributed by atoms with van der Waals surface area (Å²) < 4.78 is 19.4. The molecule has 0 amide bonds. The number of nitrogens with zero attached hydrogens (tertiary/aromatic N) is 3. The highest BCUT2D eigenvalue weighted by Crippen LogP contribution is 2.30. The van der Waals surface area contributed by atoms with Crippen molar-refractivity contribution in [1.82, 2.24) is 20.2 Å². The lowest BCUT2D eigenvalue weighted by Crippen LogP contribution is -1.92. The lowest BCUT2D eigenvalue weighted by atomic mass is 10.2. The molecule has 2 N–H and O–H groups in total. The summed E-state index contributed by atoms with van der Waals surface area (Å²) >= 11 is 0. The molecular formula is C24H18FN5O. The third-order valence-electron chi connectivity index (χ3n) is 4.78. The summed E-state index contributed by atoms with van der Waals surface area (Å²) in [7, 11) is 0. The fourth-order valence-electron chi connectivity index (χ4n) is 3.29. The van der Waals surface area contributed by atoms with Gasteiger partial charge in [0.2, 0.25) is 5.95 Å². The number of aryl methyl sites for hydroxylation is 1. The molecule has 0 aliphatic rings. The van der Waals surface area contributed by atoms with Crippen molar-refractivity contribution in [2.75, 3.05) is 5.32 Å². The normalized spacial score (nSPS) is 10.9. The molecule has 5 rings (SSSR count). The van der Waals surface area contributed by atoms with Crippen molar-refractivity contribution in [2.45, 2.75) is 6.92 Å². The zero-order valence-electron chi connectivity index (χ0n) is 16.6. The number of pyridine rings is 1. The number of fused-ring (bicyclic) bond motifs is 1. The number of H-pyrrole nitrogens is 1. The summed E-state index contributed by atoms with van der Waals surface area (Å²) in [4.78, 5) is 8.70. The highest BCUT2D eigenvalue weighted by atomic mass is 19.1. The smallest absolute Gasteiger partial charge is 0.246 e. The summed E-state index contributed by atoms with van der Waals surface area (Å²) in [5, 5.41) is 11.1. The van der Waals surface area contributed by atoms with Crippen molar-refractivity contribution >= 4 is 22.5 Å². The van der Waals surface area contributed by atoms with Gasteiger partial charge in [-0.15, -0.1) is 5.10 Å². The molecule has 5 aromatic rings. The number of nitrogens with one attached hydrogen (secondary N) is 2. The standard InChI is InChI=1S/C24H18FN5O/c1-15-3-2-4-18(13-15)27-24-28-23(29-30-24)16-5-8-19(9-6-16)31-22-11-12-26-21-14-17(25)7-10-20(21)22/h2-14H,1H3,(H2,27,28,29,30). The van der Waals surface area contributed by atoms with Crippen LogP contribution in [0.15, 0.2) is 79.0 Å². The molecule has 6 nitrogen and oxygen atoms in total. The number of halogens is 1. The molecule has 0 bridgehead atoms. The van der Waals surface area contributed by atoms with Crippen molar-refractivity contribution in [3.05, 3.63) is 90.4 Å². The first-order valence-corrected chi connectivity index (χ1v) is 9.73. The van der Waals surface area contributed by atoms with E-state index >= 15 is 0 Å². The van der Waals surface area contributed by atoms with Gasteiger partial charge in [0.25, 0.3) is 0 Å². The summed E-state index contributed by atoms with van der Waals surface area (Å²) in [6.07, 6.45) is 1.60. The molecule has 0 spiro atoms. The minimum absolute atomic E-state index is 0.329. The SMILES string of the molecule is Cc1cccc(Nc2n[nH]c(-c3ccc(Oc4ccnc5cc(F)ccc45)cc3)n2)c1. The number of anilines is 2. The van der Waals surface area contributed by atoms with Crippen LogP contribution >= 0.6 is 0 Å². The van der Waals surface area contributed by atoms with E-state index < -0.39 is 0 Å². The number of ether oxygens (including phenoxy) is 1. The van der Waals surface area contributed by atoms with Gasteiger partial charge in [-0.05, 0) is 67.1 Å². The maximum Gasteiger partial charge on any atom is 0.246 e. The van der Waals surface area contributed by atoms with Gasteiger partial charge in [0.15, 0.2) is 5.82 Å². The maximum atomic E-state index is 13.4. The van der Waals surface area contributed by atoms with Crippen molar-refractivity contribution in [2.24, 2.45) is 0 Å². The van der Waals surface area contributed by atoms with Gasteiger partial charge in [-0.2, -0.15) is 4.98 Å². The molecule has 0 atom stereocenters. The zero-order valence-corrected chi connectivity index (χ0v) is 16.6. The first kappa shape index (κ1) is 18.7. The summed E-state index contributed by atoms with van der Waals surface area (Å²) in [5.41, 5.74) is 3.51. The number of rotatable bonds is 5. The molecule has 2 heterocycles. The van der Waals surface area contributed by atoms with Crippen LogP contribution in [0.2, 0.25) is 0 Å². The van der Waals surface area contributed by atoms with Crippen LogP contribution in [0.4, 0.5) is 16.0 Å². The summed E-state index contributed by atoms with van der Waals surface area (Å²) in [6.45, 7) is 2.03.